The first-order valence-corrected chi connectivity index (χ1v) is 8.47. The molecule has 0 atom stereocenters. The molecule has 0 amide bonds. The van der Waals surface area contributed by atoms with E-state index in [1.807, 2.05) is 0 Å². The van der Waals surface area contributed by atoms with Crippen LogP contribution in [0.3, 0.4) is 0 Å². The molecular weight excluding hydrogens is 375 g/mol. The van der Waals surface area contributed by atoms with Crippen molar-refractivity contribution >= 4 is 10.4 Å². The standard InChI is InChI=1S/C6H15NO3.C6H15N.Ni.H2O4S/c8-4-1-7(2-5-9)3-6-10;1-4-7(5-2)6-3;;1-5(2,3)4/h8-10H,1-6H2;4-6H2,1-3H3;;(H2,1,2,3,4)/q;;+2;/p-2. The summed E-state index contributed by atoms with van der Waals surface area (Å²) in [5, 5.41) is 25.5. The fourth-order valence-corrected chi connectivity index (χ4v) is 1.43. The number of rotatable bonds is 9. The topological polar surface area (TPSA) is 147 Å². The third kappa shape index (κ3) is 39.2. The maximum atomic E-state index is 8.52. The summed E-state index contributed by atoms with van der Waals surface area (Å²) in [5.41, 5.74) is 0. The van der Waals surface area contributed by atoms with Gasteiger partial charge in [0.05, 0.1) is 19.8 Å². The summed E-state index contributed by atoms with van der Waals surface area (Å²) in [6.07, 6.45) is 0. The average Bonchev–Trinajstić information content (AvgIpc) is 2.40. The second kappa shape index (κ2) is 22.2. The minimum Gasteiger partial charge on any atom is -0.759 e. The van der Waals surface area contributed by atoms with Crippen LogP contribution in [0.1, 0.15) is 20.8 Å². The van der Waals surface area contributed by atoms with Crippen molar-refractivity contribution in [1.82, 2.24) is 9.80 Å². The van der Waals surface area contributed by atoms with E-state index in [-0.39, 0.29) is 36.3 Å². The molecule has 23 heavy (non-hydrogen) atoms. The first kappa shape index (κ1) is 31.0. The summed E-state index contributed by atoms with van der Waals surface area (Å²) in [5.74, 6) is 0. The smallest absolute Gasteiger partial charge is 0.759 e. The van der Waals surface area contributed by atoms with E-state index in [9.17, 15) is 0 Å². The van der Waals surface area contributed by atoms with Crippen LogP contribution in [0.4, 0.5) is 0 Å². The molecule has 0 fully saturated rings. The molecule has 0 heterocycles. The third-order valence-corrected chi connectivity index (χ3v) is 2.59. The normalized spacial score (nSPS) is 10.3. The molecule has 0 aromatic heterocycles. The number of hydrogen-bond acceptors (Lipinski definition) is 9. The van der Waals surface area contributed by atoms with Crippen LogP contribution in [0.15, 0.2) is 0 Å². The Labute approximate surface area is 149 Å². The molecule has 146 valence electrons. The second-order valence-corrected chi connectivity index (χ2v) is 4.86. The van der Waals surface area contributed by atoms with Gasteiger partial charge in [0.15, 0.2) is 0 Å². The summed E-state index contributed by atoms with van der Waals surface area (Å²) in [7, 11) is -5.17. The number of nitrogens with zero attached hydrogens (tertiary/aromatic N) is 2. The van der Waals surface area contributed by atoms with E-state index in [2.05, 4.69) is 25.7 Å². The molecule has 0 radical (unpaired) electrons. The van der Waals surface area contributed by atoms with Crippen LogP contribution in [0.25, 0.3) is 0 Å². The predicted octanol–water partition coefficient (Wildman–Crippen LogP) is -1.73. The first-order chi connectivity index (χ1) is 10.2. The number of aliphatic hydroxyl groups is 3. The molecule has 0 rings (SSSR count). The van der Waals surface area contributed by atoms with E-state index in [1.165, 1.54) is 19.6 Å². The van der Waals surface area contributed by atoms with Crippen molar-refractivity contribution in [2.75, 3.05) is 59.1 Å². The molecule has 0 unspecified atom stereocenters. The maximum Gasteiger partial charge on any atom is 2.00 e. The van der Waals surface area contributed by atoms with Gasteiger partial charge < -0.3 is 29.3 Å². The predicted molar refractivity (Wildman–Crippen MR) is 81.6 cm³/mol. The molecule has 0 spiro atoms. The van der Waals surface area contributed by atoms with Gasteiger partial charge in [-0.3, -0.25) is 13.3 Å². The third-order valence-electron chi connectivity index (χ3n) is 2.59. The SMILES string of the molecule is CCN(CC)CC.O=S(=O)([O-])[O-].OCCN(CCO)CCO.[Ni+2]. The van der Waals surface area contributed by atoms with Crippen LogP contribution in [-0.4, -0.2) is 102 Å². The summed E-state index contributed by atoms with van der Waals surface area (Å²) in [6, 6.07) is 0. The Morgan fingerprint density at radius 3 is 1.04 bits per heavy atom. The van der Waals surface area contributed by atoms with Gasteiger partial charge >= 0.3 is 16.5 Å². The van der Waals surface area contributed by atoms with E-state index in [4.69, 9.17) is 32.8 Å². The van der Waals surface area contributed by atoms with Crippen molar-refractivity contribution in [3.8, 4) is 0 Å². The van der Waals surface area contributed by atoms with Gasteiger partial charge in [0, 0.05) is 30.0 Å². The van der Waals surface area contributed by atoms with Gasteiger partial charge in [-0.1, -0.05) is 20.8 Å². The van der Waals surface area contributed by atoms with E-state index < -0.39 is 10.4 Å². The van der Waals surface area contributed by atoms with Crippen LogP contribution >= 0.6 is 0 Å². The van der Waals surface area contributed by atoms with Crippen molar-refractivity contribution < 1.29 is 49.3 Å². The van der Waals surface area contributed by atoms with Gasteiger partial charge in [-0.15, -0.1) is 0 Å². The molecule has 0 saturated heterocycles. The van der Waals surface area contributed by atoms with Gasteiger partial charge in [0.2, 0.25) is 0 Å². The molecule has 11 heteroatoms. The van der Waals surface area contributed by atoms with Crippen molar-refractivity contribution in [2.45, 2.75) is 20.8 Å². The maximum absolute atomic E-state index is 8.52. The molecular formula is C12H30N2NiO7S. The fourth-order valence-electron chi connectivity index (χ4n) is 1.43. The summed E-state index contributed by atoms with van der Waals surface area (Å²) < 4.78 is 34.1. The van der Waals surface area contributed by atoms with E-state index in [1.54, 1.807) is 4.90 Å². The van der Waals surface area contributed by atoms with Crippen LogP contribution in [0, 0.1) is 0 Å². The average molecular weight is 405 g/mol. The zero-order valence-electron chi connectivity index (χ0n) is 14.0. The van der Waals surface area contributed by atoms with Gasteiger partial charge in [-0.05, 0) is 19.6 Å². The van der Waals surface area contributed by atoms with Gasteiger partial charge in [-0.2, -0.15) is 0 Å². The number of hydrogen-bond donors (Lipinski definition) is 3. The second-order valence-electron chi connectivity index (χ2n) is 4.04. The molecule has 3 N–H and O–H groups in total. The van der Waals surface area contributed by atoms with Crippen molar-refractivity contribution in [3.63, 3.8) is 0 Å². The Morgan fingerprint density at radius 2 is 0.957 bits per heavy atom. The fraction of sp³-hybridized carbons (Fsp3) is 1.00. The van der Waals surface area contributed by atoms with Crippen LogP contribution in [0.5, 0.6) is 0 Å². The zero-order valence-corrected chi connectivity index (χ0v) is 15.8. The van der Waals surface area contributed by atoms with Gasteiger partial charge in [0.1, 0.15) is 0 Å². The summed E-state index contributed by atoms with van der Waals surface area (Å²) in [6.45, 7) is 11.9. The minimum absolute atomic E-state index is 0. The Morgan fingerprint density at radius 1 is 0.739 bits per heavy atom. The van der Waals surface area contributed by atoms with E-state index in [0.29, 0.717) is 19.6 Å². The molecule has 0 saturated carbocycles. The van der Waals surface area contributed by atoms with Crippen molar-refractivity contribution in [3.05, 3.63) is 0 Å². The summed E-state index contributed by atoms with van der Waals surface area (Å²) >= 11 is 0. The minimum atomic E-state index is -5.17. The molecule has 0 aliphatic heterocycles. The first-order valence-electron chi connectivity index (χ1n) is 7.13. The molecule has 0 aromatic rings. The Kier molecular flexibility index (Phi) is 29.9. The Balaban J connectivity index is -0.000000123. The summed E-state index contributed by atoms with van der Waals surface area (Å²) in [4.78, 5) is 4.17. The Hall–Kier alpha value is 0.164. The number of aliphatic hydroxyl groups excluding tert-OH is 3. The van der Waals surface area contributed by atoms with E-state index >= 15 is 0 Å². The molecule has 0 aromatic carbocycles. The van der Waals surface area contributed by atoms with Gasteiger partial charge in [-0.25, -0.2) is 0 Å². The molecule has 0 aliphatic carbocycles. The molecule has 0 bridgehead atoms. The van der Waals surface area contributed by atoms with E-state index in [0.717, 1.165) is 0 Å². The van der Waals surface area contributed by atoms with Crippen molar-refractivity contribution in [1.29, 1.82) is 0 Å². The monoisotopic (exact) mass is 404 g/mol. The Bertz CT molecular complexity index is 276. The van der Waals surface area contributed by atoms with Crippen molar-refractivity contribution in [2.24, 2.45) is 0 Å². The zero-order chi connectivity index (χ0) is 18.0. The van der Waals surface area contributed by atoms with Crippen LogP contribution in [0.2, 0.25) is 0 Å². The largest absolute Gasteiger partial charge is 2.00 e. The quantitative estimate of drug-likeness (QED) is 0.231. The molecule has 9 nitrogen and oxygen atoms in total. The molecule has 0 aliphatic rings. The van der Waals surface area contributed by atoms with Crippen LogP contribution < -0.4 is 0 Å². The van der Waals surface area contributed by atoms with Gasteiger partial charge in [0.25, 0.3) is 0 Å². The van der Waals surface area contributed by atoms with Crippen LogP contribution in [-0.2, 0) is 26.9 Å².